The molecular formula is C26H28FN5O3. The van der Waals surface area contributed by atoms with Gasteiger partial charge in [-0.1, -0.05) is 24.3 Å². The fourth-order valence-corrected chi connectivity index (χ4v) is 4.10. The third-order valence-electron chi connectivity index (χ3n) is 6.30. The average molecular weight is 478 g/mol. The molecule has 0 radical (unpaired) electrons. The van der Waals surface area contributed by atoms with E-state index in [0.717, 1.165) is 16.8 Å². The number of anilines is 1. The van der Waals surface area contributed by atoms with Gasteiger partial charge in [0.05, 0.1) is 6.54 Å². The largest absolute Gasteiger partial charge is 0.335 e. The SMILES string of the molecule is Cc1cccc(NC(=O)CN2CCN(C(=O)c3nn(-c4ccccc4F)c(C)cc3=O)CC2)c1C. The summed E-state index contributed by atoms with van der Waals surface area (Å²) in [6.45, 7) is 7.48. The van der Waals surface area contributed by atoms with Gasteiger partial charge in [-0.15, -0.1) is 0 Å². The molecule has 1 aliphatic heterocycles. The summed E-state index contributed by atoms with van der Waals surface area (Å²) in [7, 11) is 0. The molecule has 2 aromatic carbocycles. The Morgan fingerprint density at radius 2 is 1.71 bits per heavy atom. The molecule has 0 aliphatic carbocycles. The Bertz CT molecular complexity index is 1330. The molecule has 4 rings (SSSR count). The smallest absolute Gasteiger partial charge is 0.278 e. The summed E-state index contributed by atoms with van der Waals surface area (Å²) in [5, 5.41) is 7.15. The third-order valence-corrected chi connectivity index (χ3v) is 6.30. The van der Waals surface area contributed by atoms with Crippen LogP contribution in [0.3, 0.4) is 0 Å². The van der Waals surface area contributed by atoms with Crippen molar-refractivity contribution in [3.8, 4) is 5.69 Å². The van der Waals surface area contributed by atoms with Crippen LogP contribution >= 0.6 is 0 Å². The minimum Gasteiger partial charge on any atom is -0.335 e. The van der Waals surface area contributed by atoms with E-state index in [1.165, 1.54) is 22.9 Å². The van der Waals surface area contributed by atoms with Gasteiger partial charge in [0.1, 0.15) is 11.5 Å². The summed E-state index contributed by atoms with van der Waals surface area (Å²) in [5.74, 6) is -1.12. The van der Waals surface area contributed by atoms with Crippen LogP contribution in [0.15, 0.2) is 53.3 Å². The van der Waals surface area contributed by atoms with E-state index in [-0.39, 0.29) is 23.8 Å². The Balaban J connectivity index is 1.41. The van der Waals surface area contributed by atoms with E-state index in [9.17, 15) is 18.8 Å². The first-order chi connectivity index (χ1) is 16.7. The molecule has 8 nitrogen and oxygen atoms in total. The second-order valence-corrected chi connectivity index (χ2v) is 8.73. The first kappa shape index (κ1) is 24.3. The first-order valence-corrected chi connectivity index (χ1v) is 11.5. The standard InChI is InChI=1S/C26H28FN5O3/c1-17-7-6-9-21(19(17)3)28-24(34)16-30-11-13-31(14-12-30)26(35)25-23(33)15-18(2)32(29-25)22-10-5-4-8-20(22)27/h4-10,15H,11-14,16H2,1-3H3,(H,28,34). The second-order valence-electron chi connectivity index (χ2n) is 8.73. The number of carbonyl (C=O) groups is 2. The molecule has 0 saturated carbocycles. The molecule has 1 aromatic heterocycles. The lowest BCUT2D eigenvalue weighted by Gasteiger charge is -2.34. The molecule has 1 saturated heterocycles. The highest BCUT2D eigenvalue weighted by molar-refractivity contribution is 5.93. The number of benzene rings is 2. The molecule has 9 heteroatoms. The van der Waals surface area contributed by atoms with E-state index >= 15 is 0 Å². The molecule has 35 heavy (non-hydrogen) atoms. The molecule has 182 valence electrons. The first-order valence-electron chi connectivity index (χ1n) is 11.5. The fraction of sp³-hybridized carbons (Fsp3) is 0.308. The summed E-state index contributed by atoms with van der Waals surface area (Å²) < 4.78 is 15.6. The molecule has 2 amide bonds. The number of carbonyl (C=O) groups excluding carboxylic acids is 2. The Kier molecular flexibility index (Phi) is 7.07. The normalized spacial score (nSPS) is 14.1. The fourth-order valence-electron chi connectivity index (χ4n) is 4.10. The summed E-state index contributed by atoms with van der Waals surface area (Å²) in [4.78, 5) is 41.7. The van der Waals surface area contributed by atoms with Crippen LogP contribution in [0.25, 0.3) is 5.69 Å². The molecule has 0 unspecified atom stereocenters. The predicted octanol–water partition coefficient (Wildman–Crippen LogP) is 2.69. The molecule has 0 bridgehead atoms. The van der Waals surface area contributed by atoms with Crippen LogP contribution in [-0.2, 0) is 4.79 Å². The zero-order valence-electron chi connectivity index (χ0n) is 20.0. The maximum Gasteiger partial charge on any atom is 0.278 e. The van der Waals surface area contributed by atoms with Gasteiger partial charge in [-0.05, 0) is 50.1 Å². The lowest BCUT2D eigenvalue weighted by Crippen LogP contribution is -2.51. The van der Waals surface area contributed by atoms with Crippen LogP contribution < -0.4 is 10.7 Å². The maximum absolute atomic E-state index is 14.3. The van der Waals surface area contributed by atoms with E-state index in [2.05, 4.69) is 10.4 Å². The zero-order valence-corrected chi connectivity index (χ0v) is 20.0. The van der Waals surface area contributed by atoms with Gasteiger partial charge >= 0.3 is 0 Å². The molecular weight excluding hydrogens is 449 g/mol. The van der Waals surface area contributed by atoms with Crippen molar-refractivity contribution >= 4 is 17.5 Å². The topological polar surface area (TPSA) is 87.5 Å². The number of para-hydroxylation sites is 1. The highest BCUT2D eigenvalue weighted by atomic mass is 19.1. The van der Waals surface area contributed by atoms with Crippen molar-refractivity contribution in [3.63, 3.8) is 0 Å². The Hall–Kier alpha value is -3.85. The summed E-state index contributed by atoms with van der Waals surface area (Å²) in [5.41, 5.74) is 2.77. The van der Waals surface area contributed by atoms with Crippen molar-refractivity contribution < 1.29 is 14.0 Å². The van der Waals surface area contributed by atoms with E-state index in [4.69, 9.17) is 0 Å². The van der Waals surface area contributed by atoms with E-state index in [1.54, 1.807) is 24.0 Å². The van der Waals surface area contributed by atoms with Gasteiger partial charge in [0, 0.05) is 43.6 Å². The molecule has 2 heterocycles. The number of rotatable bonds is 5. The maximum atomic E-state index is 14.3. The predicted molar refractivity (Wildman–Crippen MR) is 131 cm³/mol. The Morgan fingerprint density at radius 3 is 2.43 bits per heavy atom. The number of amides is 2. The average Bonchev–Trinajstić information content (AvgIpc) is 2.83. The number of nitrogens with one attached hydrogen (secondary N) is 1. The van der Waals surface area contributed by atoms with Crippen LogP contribution in [0.5, 0.6) is 0 Å². The number of aryl methyl sites for hydroxylation is 2. The molecule has 1 fully saturated rings. The van der Waals surface area contributed by atoms with Gasteiger partial charge in [-0.3, -0.25) is 19.3 Å². The highest BCUT2D eigenvalue weighted by Gasteiger charge is 2.27. The molecule has 3 aromatic rings. The lowest BCUT2D eigenvalue weighted by molar-refractivity contribution is -0.117. The van der Waals surface area contributed by atoms with Gasteiger partial charge in [0.25, 0.3) is 5.91 Å². The van der Waals surface area contributed by atoms with E-state index < -0.39 is 17.2 Å². The molecule has 1 aliphatic rings. The van der Waals surface area contributed by atoms with Gasteiger partial charge in [0.2, 0.25) is 11.3 Å². The number of piperazine rings is 1. The summed E-state index contributed by atoms with van der Waals surface area (Å²) in [6, 6.07) is 13.1. The van der Waals surface area contributed by atoms with Crippen molar-refractivity contribution in [1.29, 1.82) is 0 Å². The highest BCUT2D eigenvalue weighted by Crippen LogP contribution is 2.18. The van der Waals surface area contributed by atoms with Gasteiger partial charge in [0.15, 0.2) is 5.69 Å². The molecule has 0 atom stereocenters. The lowest BCUT2D eigenvalue weighted by atomic mass is 10.1. The van der Waals surface area contributed by atoms with Crippen molar-refractivity contribution in [3.05, 3.63) is 87.1 Å². The summed E-state index contributed by atoms with van der Waals surface area (Å²) in [6.07, 6.45) is 0. The second kappa shape index (κ2) is 10.2. The van der Waals surface area contributed by atoms with Crippen LogP contribution in [-0.4, -0.2) is 64.1 Å². The summed E-state index contributed by atoms with van der Waals surface area (Å²) >= 11 is 0. The van der Waals surface area contributed by atoms with Crippen LogP contribution in [0.2, 0.25) is 0 Å². The Labute approximate surface area is 203 Å². The number of halogens is 1. The minimum absolute atomic E-state index is 0.119. The number of nitrogens with zero attached hydrogens (tertiary/aromatic N) is 4. The third kappa shape index (κ3) is 5.30. The van der Waals surface area contributed by atoms with Crippen LogP contribution in [0, 0.1) is 26.6 Å². The van der Waals surface area contributed by atoms with Gasteiger partial charge in [-0.25, -0.2) is 9.07 Å². The minimum atomic E-state index is -0.504. The van der Waals surface area contributed by atoms with Crippen molar-refractivity contribution in [2.45, 2.75) is 20.8 Å². The number of hydrogen-bond donors (Lipinski definition) is 1. The zero-order chi connectivity index (χ0) is 25.1. The van der Waals surface area contributed by atoms with Crippen LogP contribution in [0.1, 0.15) is 27.3 Å². The van der Waals surface area contributed by atoms with E-state index in [1.807, 2.05) is 36.9 Å². The van der Waals surface area contributed by atoms with Gasteiger partial charge in [-0.2, -0.15) is 5.10 Å². The number of hydrogen-bond acceptors (Lipinski definition) is 5. The number of aromatic nitrogens is 2. The Morgan fingerprint density at radius 1 is 1.00 bits per heavy atom. The molecule has 1 N–H and O–H groups in total. The van der Waals surface area contributed by atoms with Crippen molar-refractivity contribution in [2.75, 3.05) is 38.0 Å². The van der Waals surface area contributed by atoms with Crippen molar-refractivity contribution in [2.24, 2.45) is 0 Å². The van der Waals surface area contributed by atoms with Gasteiger partial charge < -0.3 is 10.2 Å². The monoisotopic (exact) mass is 477 g/mol. The van der Waals surface area contributed by atoms with Crippen LogP contribution in [0.4, 0.5) is 10.1 Å². The quantitative estimate of drug-likeness (QED) is 0.611. The van der Waals surface area contributed by atoms with Crippen molar-refractivity contribution in [1.82, 2.24) is 19.6 Å². The molecule has 0 spiro atoms. The van der Waals surface area contributed by atoms with E-state index in [0.29, 0.717) is 31.9 Å².